The fourth-order valence-corrected chi connectivity index (χ4v) is 3.80. The minimum Gasteiger partial charge on any atom is -1.00 e. The van der Waals surface area contributed by atoms with Gasteiger partial charge in [0, 0.05) is 5.57 Å². The Morgan fingerprint density at radius 3 is 1.31 bits per heavy atom. The van der Waals surface area contributed by atoms with E-state index >= 15 is 0 Å². The molecule has 0 saturated carbocycles. The summed E-state index contributed by atoms with van der Waals surface area (Å²) in [6, 6.07) is 10.9. The van der Waals surface area contributed by atoms with Crippen molar-refractivity contribution >= 4 is 6.08 Å². The highest BCUT2D eigenvalue weighted by atomic mass is 79.9. The Morgan fingerprint density at radius 2 is 1.00 bits per heavy atom. The number of halogens is 2. The molecule has 0 heterocycles. The zero-order valence-electron chi connectivity index (χ0n) is 17.8. The third kappa shape index (κ3) is 7.84. The lowest BCUT2D eigenvalue weighted by molar-refractivity contribution is -0.932. The Kier molecular flexibility index (Phi) is 15.0. The normalized spacial score (nSPS) is 11.3. The summed E-state index contributed by atoms with van der Waals surface area (Å²) in [4.78, 5) is 0. The summed E-state index contributed by atoms with van der Waals surface area (Å²) in [7, 11) is 0. The molecule has 0 unspecified atom stereocenters. The molecule has 4 heteroatoms. The van der Waals surface area contributed by atoms with Crippen molar-refractivity contribution in [3.63, 3.8) is 0 Å². The zero-order chi connectivity index (χ0) is 18.1. The minimum atomic E-state index is 0. The molecule has 26 heavy (non-hydrogen) atoms. The largest absolute Gasteiger partial charge is 1.00 e. The van der Waals surface area contributed by atoms with Crippen LogP contribution in [-0.2, 0) is 0 Å². The molecule has 0 N–H and O–H groups in total. The van der Waals surface area contributed by atoms with Crippen molar-refractivity contribution in [3.8, 4) is 0 Å². The maximum atomic E-state index is 2.46. The molecule has 0 spiro atoms. The van der Waals surface area contributed by atoms with E-state index in [1.165, 1.54) is 66.9 Å². The van der Waals surface area contributed by atoms with Crippen LogP contribution < -0.4 is 34.0 Å². The predicted molar refractivity (Wildman–Crippen MR) is 108 cm³/mol. The molecule has 0 radical (unpaired) electrons. The van der Waals surface area contributed by atoms with Crippen molar-refractivity contribution < 1.29 is 42.9 Å². The summed E-state index contributed by atoms with van der Waals surface area (Å²) >= 11 is 0. The van der Waals surface area contributed by atoms with Crippen LogP contribution in [0.25, 0.3) is 6.08 Å². The van der Waals surface area contributed by atoms with E-state index in [0.29, 0.717) is 0 Å². The van der Waals surface area contributed by atoms with Crippen LogP contribution >= 0.6 is 0 Å². The summed E-state index contributed by atoms with van der Waals surface area (Å²) < 4.78 is 2.38. The SMILES string of the molecule is CC[N+](CC)(CC)CC(=Cc1ccccc1)C[N+](CC)(CC)CC.[Br-].[Br-]. The summed E-state index contributed by atoms with van der Waals surface area (Å²) in [5, 5.41) is 0. The fraction of sp³-hybridized carbons (Fsp3) is 0.636. The smallest absolute Gasteiger partial charge is 0.106 e. The zero-order valence-corrected chi connectivity index (χ0v) is 20.9. The molecule has 1 rings (SSSR count). The molecule has 0 aromatic heterocycles. The second kappa shape index (κ2) is 13.9. The van der Waals surface area contributed by atoms with Gasteiger partial charge in [-0.05, 0) is 53.2 Å². The van der Waals surface area contributed by atoms with Crippen molar-refractivity contribution in [1.29, 1.82) is 0 Å². The maximum Gasteiger partial charge on any atom is 0.106 e. The number of likely N-dealkylation sites (N-methyl/N-ethyl adjacent to an activating group) is 2. The van der Waals surface area contributed by atoms with Crippen LogP contribution in [0, 0.1) is 0 Å². The molecular weight excluding hydrogens is 452 g/mol. The lowest BCUT2D eigenvalue weighted by Gasteiger charge is -2.40. The number of benzene rings is 1. The van der Waals surface area contributed by atoms with E-state index in [1.54, 1.807) is 5.57 Å². The van der Waals surface area contributed by atoms with E-state index in [-0.39, 0.29) is 34.0 Å². The topological polar surface area (TPSA) is 0 Å². The minimum absolute atomic E-state index is 0. The van der Waals surface area contributed by atoms with Crippen LogP contribution in [-0.4, -0.2) is 61.3 Å². The second-order valence-electron chi connectivity index (χ2n) is 7.11. The first-order valence-corrected chi connectivity index (χ1v) is 9.97. The average molecular weight is 492 g/mol. The Morgan fingerprint density at radius 1 is 0.654 bits per heavy atom. The Hall–Kier alpha value is -0.160. The molecule has 0 aliphatic heterocycles. The Balaban J connectivity index is 0. The van der Waals surface area contributed by atoms with Gasteiger partial charge in [-0.3, -0.25) is 0 Å². The second-order valence-corrected chi connectivity index (χ2v) is 7.11. The van der Waals surface area contributed by atoms with Gasteiger partial charge < -0.3 is 42.9 Å². The average Bonchev–Trinajstić information content (AvgIpc) is 2.65. The van der Waals surface area contributed by atoms with Gasteiger partial charge in [0.05, 0.1) is 39.3 Å². The van der Waals surface area contributed by atoms with Crippen LogP contribution in [0.4, 0.5) is 0 Å². The molecular formula is C22H40Br2N2. The predicted octanol–water partition coefficient (Wildman–Crippen LogP) is -1.17. The molecule has 0 aliphatic carbocycles. The van der Waals surface area contributed by atoms with Gasteiger partial charge in [0.25, 0.3) is 0 Å². The molecule has 1 aromatic rings. The molecule has 0 aliphatic rings. The van der Waals surface area contributed by atoms with Crippen LogP contribution in [0.1, 0.15) is 47.1 Å². The van der Waals surface area contributed by atoms with Crippen molar-refractivity contribution in [1.82, 2.24) is 0 Å². The Labute approximate surface area is 184 Å². The van der Waals surface area contributed by atoms with Gasteiger partial charge in [-0.25, -0.2) is 0 Å². The molecule has 0 atom stereocenters. The summed E-state index contributed by atoms with van der Waals surface area (Å²) in [5.41, 5.74) is 2.95. The van der Waals surface area contributed by atoms with Gasteiger partial charge in [-0.2, -0.15) is 0 Å². The van der Waals surface area contributed by atoms with E-state index in [1.807, 2.05) is 0 Å². The molecule has 0 fully saturated rings. The molecule has 1 aromatic carbocycles. The molecule has 152 valence electrons. The number of hydrogen-bond donors (Lipinski definition) is 0. The van der Waals surface area contributed by atoms with Gasteiger partial charge in [-0.15, -0.1) is 0 Å². The van der Waals surface area contributed by atoms with Gasteiger partial charge in [0.2, 0.25) is 0 Å². The summed E-state index contributed by atoms with van der Waals surface area (Å²) in [6.45, 7) is 23.7. The number of nitrogens with zero attached hydrogens (tertiary/aromatic N) is 2. The van der Waals surface area contributed by atoms with E-state index < -0.39 is 0 Å². The van der Waals surface area contributed by atoms with E-state index in [4.69, 9.17) is 0 Å². The first kappa shape index (κ1) is 28.1. The number of rotatable bonds is 11. The maximum absolute atomic E-state index is 2.46. The summed E-state index contributed by atoms with van der Waals surface area (Å²) in [6.07, 6.45) is 2.46. The fourth-order valence-electron chi connectivity index (χ4n) is 3.80. The highest BCUT2D eigenvalue weighted by molar-refractivity contribution is 5.53. The Bertz CT molecular complexity index is 452. The van der Waals surface area contributed by atoms with Crippen LogP contribution in [0.5, 0.6) is 0 Å². The standard InChI is InChI=1S/C22H40N2.2BrH/c1-7-23(8-2,9-3)19-22(18-21-16-14-13-15-17-21)20-24(10-4,11-5)12-6;;/h13-18H,7-12,19-20H2,1-6H3;2*1H/q+2;;/p-2. The monoisotopic (exact) mass is 490 g/mol. The highest BCUT2D eigenvalue weighted by Gasteiger charge is 2.28. The summed E-state index contributed by atoms with van der Waals surface area (Å²) in [5.74, 6) is 0. The van der Waals surface area contributed by atoms with Crippen molar-refractivity contribution in [3.05, 3.63) is 41.5 Å². The van der Waals surface area contributed by atoms with Crippen molar-refractivity contribution in [2.75, 3.05) is 52.4 Å². The molecule has 0 bridgehead atoms. The molecule has 0 saturated heterocycles. The van der Waals surface area contributed by atoms with Crippen molar-refractivity contribution in [2.24, 2.45) is 0 Å². The third-order valence-electron chi connectivity index (χ3n) is 6.27. The van der Waals surface area contributed by atoms with Crippen LogP contribution in [0.2, 0.25) is 0 Å². The van der Waals surface area contributed by atoms with E-state index in [0.717, 1.165) is 0 Å². The van der Waals surface area contributed by atoms with Gasteiger partial charge >= 0.3 is 0 Å². The van der Waals surface area contributed by atoms with Gasteiger partial charge in [0.15, 0.2) is 0 Å². The highest BCUT2D eigenvalue weighted by Crippen LogP contribution is 2.19. The lowest BCUT2D eigenvalue weighted by atomic mass is 10.1. The van der Waals surface area contributed by atoms with E-state index in [2.05, 4.69) is 78.0 Å². The molecule has 2 nitrogen and oxygen atoms in total. The van der Waals surface area contributed by atoms with Gasteiger partial charge in [-0.1, -0.05) is 30.3 Å². The quantitative estimate of drug-likeness (QED) is 0.342. The number of hydrogen-bond acceptors (Lipinski definition) is 0. The van der Waals surface area contributed by atoms with E-state index in [9.17, 15) is 0 Å². The first-order chi connectivity index (χ1) is 11.5. The third-order valence-corrected chi connectivity index (χ3v) is 6.27. The lowest BCUT2D eigenvalue weighted by Crippen LogP contribution is -3.00. The van der Waals surface area contributed by atoms with Crippen LogP contribution in [0.3, 0.4) is 0 Å². The molecule has 0 amide bonds. The van der Waals surface area contributed by atoms with Gasteiger partial charge in [0.1, 0.15) is 13.1 Å². The first-order valence-electron chi connectivity index (χ1n) is 9.97. The number of quaternary nitrogens is 2. The van der Waals surface area contributed by atoms with Crippen LogP contribution in [0.15, 0.2) is 35.9 Å². The van der Waals surface area contributed by atoms with Crippen molar-refractivity contribution in [2.45, 2.75) is 41.5 Å².